The summed E-state index contributed by atoms with van der Waals surface area (Å²) >= 11 is 0. The molecule has 1 fully saturated rings. The van der Waals surface area contributed by atoms with Crippen molar-refractivity contribution in [3.05, 3.63) is 120 Å². The third-order valence-electron chi connectivity index (χ3n) is 6.29. The fourth-order valence-electron chi connectivity index (χ4n) is 4.29. The van der Waals surface area contributed by atoms with Gasteiger partial charge in [-0.15, -0.1) is 0 Å². The molecule has 3 aromatic carbocycles. The standard InChI is InChI=1S/C32H38O5/c1-2-3-4-14-21-33-32-31(36-24-28-19-12-7-13-20-28)30(35-23-27-17-10-6-11-18-27)29(25-37-32)34-22-26-15-8-5-9-16-26/h2-3,5-13,15-20,29-32H,4,14,21-25H2,1H3/b3-2+/t29-,30+,31-,32-/m1/s1. The van der Waals surface area contributed by atoms with Gasteiger partial charge in [-0.2, -0.15) is 0 Å². The number of allylic oxidation sites excluding steroid dienone is 2. The van der Waals surface area contributed by atoms with Crippen LogP contribution in [-0.4, -0.2) is 37.8 Å². The lowest BCUT2D eigenvalue weighted by molar-refractivity contribution is -0.299. The van der Waals surface area contributed by atoms with Crippen LogP contribution in [0.1, 0.15) is 36.5 Å². The molecule has 0 unspecified atom stereocenters. The second-order valence-corrected chi connectivity index (χ2v) is 9.14. The minimum Gasteiger partial charge on any atom is -0.368 e. The zero-order valence-electron chi connectivity index (χ0n) is 21.6. The Morgan fingerprint density at radius 3 is 1.73 bits per heavy atom. The molecule has 5 nitrogen and oxygen atoms in total. The average molecular weight is 503 g/mol. The maximum atomic E-state index is 6.53. The van der Waals surface area contributed by atoms with Crippen molar-refractivity contribution in [2.45, 2.75) is 64.2 Å². The lowest BCUT2D eigenvalue weighted by Crippen LogP contribution is -2.56. The molecule has 1 aliphatic rings. The number of benzene rings is 3. The zero-order chi connectivity index (χ0) is 25.5. The van der Waals surface area contributed by atoms with Crippen molar-refractivity contribution in [3.8, 4) is 0 Å². The van der Waals surface area contributed by atoms with E-state index in [-0.39, 0.29) is 12.2 Å². The summed E-state index contributed by atoms with van der Waals surface area (Å²) in [5.41, 5.74) is 3.29. The van der Waals surface area contributed by atoms with Gasteiger partial charge in [-0.25, -0.2) is 0 Å². The highest BCUT2D eigenvalue weighted by Gasteiger charge is 2.43. The topological polar surface area (TPSA) is 46.2 Å². The number of hydrogen-bond donors (Lipinski definition) is 0. The molecular weight excluding hydrogens is 464 g/mol. The van der Waals surface area contributed by atoms with Crippen LogP contribution in [0.5, 0.6) is 0 Å². The SMILES string of the molecule is C/C=C/CCCO[C@@H]1OC[C@@H](OCc2ccccc2)[C@H](OCc2ccccc2)[C@H]1OCc1ccccc1. The zero-order valence-corrected chi connectivity index (χ0v) is 21.6. The van der Waals surface area contributed by atoms with E-state index < -0.39 is 12.4 Å². The fourth-order valence-corrected chi connectivity index (χ4v) is 4.29. The molecule has 0 aromatic heterocycles. The second-order valence-electron chi connectivity index (χ2n) is 9.14. The van der Waals surface area contributed by atoms with E-state index in [9.17, 15) is 0 Å². The molecule has 1 aliphatic heterocycles. The first-order chi connectivity index (χ1) is 18.3. The monoisotopic (exact) mass is 502 g/mol. The Labute approximate surface area is 221 Å². The molecule has 0 aliphatic carbocycles. The number of rotatable bonds is 14. The molecule has 0 saturated carbocycles. The van der Waals surface area contributed by atoms with Crippen molar-refractivity contribution >= 4 is 0 Å². The maximum Gasteiger partial charge on any atom is 0.186 e. The summed E-state index contributed by atoms with van der Waals surface area (Å²) in [6, 6.07) is 30.5. The van der Waals surface area contributed by atoms with Crippen molar-refractivity contribution < 1.29 is 23.7 Å². The first-order valence-electron chi connectivity index (χ1n) is 13.1. The highest BCUT2D eigenvalue weighted by molar-refractivity contribution is 5.15. The Morgan fingerprint density at radius 1 is 0.676 bits per heavy atom. The largest absolute Gasteiger partial charge is 0.368 e. The highest BCUT2D eigenvalue weighted by atomic mass is 16.7. The number of ether oxygens (including phenoxy) is 5. The molecule has 196 valence electrons. The van der Waals surface area contributed by atoms with Crippen LogP contribution in [0, 0.1) is 0 Å². The van der Waals surface area contributed by atoms with Gasteiger partial charge in [-0.05, 0) is 36.5 Å². The van der Waals surface area contributed by atoms with Crippen molar-refractivity contribution in [1.29, 1.82) is 0 Å². The van der Waals surface area contributed by atoms with Gasteiger partial charge in [0.15, 0.2) is 6.29 Å². The molecule has 0 radical (unpaired) electrons. The van der Waals surface area contributed by atoms with E-state index in [1.165, 1.54) is 0 Å². The minimum atomic E-state index is -0.535. The Balaban J connectivity index is 1.49. The molecule has 0 bridgehead atoms. The molecule has 4 rings (SSSR count). The van der Waals surface area contributed by atoms with Crippen molar-refractivity contribution in [2.75, 3.05) is 13.2 Å². The molecule has 5 heteroatoms. The van der Waals surface area contributed by atoms with E-state index >= 15 is 0 Å². The summed E-state index contributed by atoms with van der Waals surface area (Å²) in [4.78, 5) is 0. The van der Waals surface area contributed by atoms with Gasteiger partial charge in [0.05, 0.1) is 33.0 Å². The normalized spacial score (nSPS) is 21.9. The Kier molecular flexibility index (Phi) is 11.4. The predicted octanol–water partition coefficient (Wildman–Crippen LogP) is 6.47. The molecule has 3 aromatic rings. The van der Waals surface area contributed by atoms with Gasteiger partial charge in [0.25, 0.3) is 0 Å². The molecular formula is C32H38O5. The van der Waals surface area contributed by atoms with Gasteiger partial charge in [-0.1, -0.05) is 103 Å². The molecule has 4 atom stereocenters. The predicted molar refractivity (Wildman–Crippen MR) is 145 cm³/mol. The first-order valence-corrected chi connectivity index (χ1v) is 13.1. The van der Waals surface area contributed by atoms with Crippen LogP contribution in [0.2, 0.25) is 0 Å². The van der Waals surface area contributed by atoms with E-state index in [0.717, 1.165) is 29.5 Å². The number of hydrogen-bond acceptors (Lipinski definition) is 5. The van der Waals surface area contributed by atoms with Crippen LogP contribution in [0.4, 0.5) is 0 Å². The summed E-state index contributed by atoms with van der Waals surface area (Å²) in [5.74, 6) is 0. The van der Waals surface area contributed by atoms with Crippen LogP contribution in [0.25, 0.3) is 0 Å². The van der Waals surface area contributed by atoms with E-state index in [1.54, 1.807) is 0 Å². The van der Waals surface area contributed by atoms with E-state index in [1.807, 2.05) is 61.5 Å². The van der Waals surface area contributed by atoms with Crippen LogP contribution < -0.4 is 0 Å². The van der Waals surface area contributed by atoms with Crippen molar-refractivity contribution in [3.63, 3.8) is 0 Å². The van der Waals surface area contributed by atoms with Crippen molar-refractivity contribution in [2.24, 2.45) is 0 Å². The van der Waals surface area contributed by atoms with Gasteiger partial charge in [0, 0.05) is 0 Å². The lowest BCUT2D eigenvalue weighted by Gasteiger charge is -2.42. The average Bonchev–Trinajstić information content (AvgIpc) is 2.96. The highest BCUT2D eigenvalue weighted by Crippen LogP contribution is 2.27. The molecule has 1 saturated heterocycles. The summed E-state index contributed by atoms with van der Waals surface area (Å²) in [6.07, 6.45) is 4.45. The fraction of sp³-hybridized carbons (Fsp3) is 0.375. The van der Waals surface area contributed by atoms with Gasteiger partial charge in [0.1, 0.15) is 18.3 Å². The Morgan fingerprint density at radius 2 is 1.19 bits per heavy atom. The van der Waals surface area contributed by atoms with E-state index in [4.69, 9.17) is 23.7 Å². The maximum absolute atomic E-state index is 6.53. The van der Waals surface area contributed by atoms with Gasteiger partial charge in [0.2, 0.25) is 0 Å². The third kappa shape index (κ3) is 8.92. The van der Waals surface area contributed by atoms with Crippen LogP contribution in [0.3, 0.4) is 0 Å². The summed E-state index contributed by atoms with van der Waals surface area (Å²) in [5, 5.41) is 0. The minimum absolute atomic E-state index is 0.299. The number of unbranched alkanes of at least 4 members (excludes halogenated alkanes) is 1. The lowest BCUT2D eigenvalue weighted by atomic mass is 10.0. The van der Waals surface area contributed by atoms with E-state index in [2.05, 4.69) is 48.6 Å². The first kappa shape index (κ1) is 27.2. The van der Waals surface area contributed by atoms with E-state index in [0.29, 0.717) is 33.0 Å². The summed E-state index contributed by atoms with van der Waals surface area (Å²) in [6.45, 7) is 4.35. The Bertz CT molecular complexity index is 1020. The molecule has 1 heterocycles. The summed E-state index contributed by atoms with van der Waals surface area (Å²) in [7, 11) is 0. The molecule has 0 spiro atoms. The van der Waals surface area contributed by atoms with Crippen molar-refractivity contribution in [1.82, 2.24) is 0 Å². The smallest absolute Gasteiger partial charge is 0.186 e. The van der Waals surface area contributed by atoms with Crippen LogP contribution in [-0.2, 0) is 43.5 Å². The quantitative estimate of drug-likeness (QED) is 0.187. The third-order valence-corrected chi connectivity index (χ3v) is 6.29. The van der Waals surface area contributed by atoms with Gasteiger partial charge >= 0.3 is 0 Å². The second kappa shape index (κ2) is 15.5. The van der Waals surface area contributed by atoms with Crippen LogP contribution >= 0.6 is 0 Å². The molecule has 0 amide bonds. The van der Waals surface area contributed by atoms with Crippen LogP contribution in [0.15, 0.2) is 103 Å². The van der Waals surface area contributed by atoms with Gasteiger partial charge in [-0.3, -0.25) is 0 Å². The molecule has 37 heavy (non-hydrogen) atoms. The Hall–Kier alpha value is -2.80. The molecule has 0 N–H and O–H groups in total. The summed E-state index contributed by atoms with van der Waals surface area (Å²) < 4.78 is 31.8. The van der Waals surface area contributed by atoms with Gasteiger partial charge < -0.3 is 23.7 Å².